The Balaban J connectivity index is 0.00000256. The molecule has 0 saturated heterocycles. The van der Waals surface area contributed by atoms with Crippen LogP contribution in [0.2, 0.25) is 0 Å². The molecule has 1 aromatic heterocycles. The first-order valence-corrected chi connectivity index (χ1v) is 5.54. The zero-order valence-corrected chi connectivity index (χ0v) is 10.7. The van der Waals surface area contributed by atoms with E-state index in [4.69, 9.17) is 5.11 Å². The third kappa shape index (κ3) is 3.27. The lowest BCUT2D eigenvalue weighted by Gasteiger charge is -2.05. The fourth-order valence-electron chi connectivity index (χ4n) is 1.21. The first-order valence-electron chi connectivity index (χ1n) is 4.75. The van der Waals surface area contributed by atoms with Crippen LogP contribution >= 0.6 is 15.9 Å². The number of nitrogens with one attached hydrogen (secondary N) is 1. The second kappa shape index (κ2) is 6.36. The van der Waals surface area contributed by atoms with Crippen molar-refractivity contribution in [2.24, 2.45) is 0 Å². The molecule has 0 aliphatic heterocycles. The van der Waals surface area contributed by atoms with Gasteiger partial charge in [-0.15, -0.1) is 0 Å². The monoisotopic (exact) mass is 308 g/mol. The number of aromatic carboxylic acids is 1. The van der Waals surface area contributed by atoms with Gasteiger partial charge in [0.05, 0.1) is 0 Å². The lowest BCUT2D eigenvalue weighted by Crippen LogP contribution is -2.37. The van der Waals surface area contributed by atoms with E-state index < -0.39 is 22.9 Å². The largest absolute Gasteiger partial charge is 0.477 e. The minimum Gasteiger partial charge on any atom is -0.477 e. The molecule has 0 atom stereocenters. The van der Waals surface area contributed by atoms with E-state index in [1.807, 2.05) is 6.92 Å². The van der Waals surface area contributed by atoms with Gasteiger partial charge < -0.3 is 15.6 Å². The van der Waals surface area contributed by atoms with Gasteiger partial charge in [-0.05, 0) is 22.4 Å². The molecule has 0 aliphatic rings. The van der Waals surface area contributed by atoms with Crippen molar-refractivity contribution in [2.45, 2.75) is 26.3 Å². The number of rotatable bonds is 4. The first-order chi connectivity index (χ1) is 7.49. The van der Waals surface area contributed by atoms with Gasteiger partial charge in [0, 0.05) is 6.54 Å². The summed E-state index contributed by atoms with van der Waals surface area (Å²) in [7, 11) is 0. The fraction of sp³-hybridized carbons (Fsp3) is 0.444. The van der Waals surface area contributed by atoms with Crippen molar-refractivity contribution >= 4 is 21.9 Å². The third-order valence-electron chi connectivity index (χ3n) is 2.08. The predicted molar refractivity (Wildman–Crippen MR) is 64.5 cm³/mol. The Bertz CT molecular complexity index is 519. The molecule has 17 heavy (non-hydrogen) atoms. The van der Waals surface area contributed by atoms with Crippen molar-refractivity contribution in [3.05, 3.63) is 31.0 Å². The van der Waals surface area contributed by atoms with Crippen LogP contribution in [0, 0.1) is 0 Å². The lowest BCUT2D eigenvalue weighted by molar-refractivity contribution is 0.0688. The van der Waals surface area contributed by atoms with Crippen LogP contribution in [0.4, 0.5) is 0 Å². The molecule has 0 unspecified atom stereocenters. The summed E-state index contributed by atoms with van der Waals surface area (Å²) in [5.41, 5.74) is -1.73. The summed E-state index contributed by atoms with van der Waals surface area (Å²) < 4.78 is 0.857. The molecular formula is C9H13BrN2O5. The Hall–Kier alpha value is -1.41. The van der Waals surface area contributed by atoms with Gasteiger partial charge in [0.2, 0.25) is 0 Å². The van der Waals surface area contributed by atoms with E-state index in [0.717, 1.165) is 11.0 Å². The fourth-order valence-corrected chi connectivity index (χ4v) is 1.70. The number of halogens is 1. The highest BCUT2D eigenvalue weighted by Gasteiger charge is 2.16. The van der Waals surface area contributed by atoms with E-state index in [-0.39, 0.29) is 16.5 Å². The average Bonchev–Trinajstić information content (AvgIpc) is 2.23. The maximum Gasteiger partial charge on any atom is 0.353 e. The molecule has 4 N–H and O–H groups in total. The Morgan fingerprint density at radius 3 is 2.53 bits per heavy atom. The number of hydrogen-bond acceptors (Lipinski definition) is 3. The number of hydrogen-bond donors (Lipinski definition) is 2. The van der Waals surface area contributed by atoms with Gasteiger partial charge in [-0.3, -0.25) is 9.36 Å². The molecule has 96 valence electrons. The molecule has 8 heteroatoms. The van der Waals surface area contributed by atoms with Gasteiger partial charge >= 0.3 is 11.7 Å². The Morgan fingerprint density at radius 1 is 1.47 bits per heavy atom. The van der Waals surface area contributed by atoms with Crippen molar-refractivity contribution in [1.82, 2.24) is 9.55 Å². The quantitative estimate of drug-likeness (QED) is 0.810. The van der Waals surface area contributed by atoms with Crippen LogP contribution < -0.4 is 11.2 Å². The number of carboxylic acid groups (broad SMARTS) is 1. The summed E-state index contributed by atoms with van der Waals surface area (Å²) in [6, 6.07) is 0. The number of carbonyl (C=O) groups is 1. The summed E-state index contributed by atoms with van der Waals surface area (Å²) in [5, 5.41) is 8.73. The number of H-pyrrole nitrogens is 1. The first kappa shape index (κ1) is 15.6. The number of aromatic nitrogens is 2. The van der Waals surface area contributed by atoms with Gasteiger partial charge in [-0.1, -0.05) is 13.3 Å². The Kier molecular flexibility index (Phi) is 5.83. The van der Waals surface area contributed by atoms with Crippen LogP contribution in [-0.4, -0.2) is 26.1 Å². The molecule has 0 bridgehead atoms. The number of unbranched alkanes of at least 4 members (excludes halogenated alkanes) is 1. The summed E-state index contributed by atoms with van der Waals surface area (Å²) in [6.45, 7) is 2.21. The van der Waals surface area contributed by atoms with Crippen LogP contribution in [0.5, 0.6) is 0 Å². The third-order valence-corrected chi connectivity index (χ3v) is 2.81. The van der Waals surface area contributed by atoms with E-state index in [9.17, 15) is 14.4 Å². The van der Waals surface area contributed by atoms with E-state index in [1.54, 1.807) is 0 Å². The summed E-state index contributed by atoms with van der Waals surface area (Å²) in [5.74, 6) is -1.34. The molecule has 0 radical (unpaired) electrons. The molecule has 0 amide bonds. The lowest BCUT2D eigenvalue weighted by atomic mass is 10.3. The van der Waals surface area contributed by atoms with E-state index in [2.05, 4.69) is 20.9 Å². The number of aromatic amines is 1. The van der Waals surface area contributed by atoms with Crippen LogP contribution in [0.15, 0.2) is 14.1 Å². The molecule has 0 aliphatic carbocycles. The van der Waals surface area contributed by atoms with Crippen LogP contribution in [0.25, 0.3) is 0 Å². The van der Waals surface area contributed by atoms with Gasteiger partial charge in [0.1, 0.15) is 10.2 Å². The highest BCUT2D eigenvalue weighted by atomic mass is 79.9. The topological polar surface area (TPSA) is 124 Å². The zero-order chi connectivity index (χ0) is 12.3. The number of nitrogens with zero attached hydrogens (tertiary/aromatic N) is 1. The molecule has 1 aromatic rings. The number of carboxylic acids is 1. The van der Waals surface area contributed by atoms with Gasteiger partial charge in [0.15, 0.2) is 0 Å². The Morgan fingerprint density at radius 2 is 2.06 bits per heavy atom. The molecule has 0 fully saturated rings. The van der Waals surface area contributed by atoms with E-state index in [0.29, 0.717) is 6.42 Å². The summed E-state index contributed by atoms with van der Waals surface area (Å²) in [4.78, 5) is 36.0. The van der Waals surface area contributed by atoms with Crippen molar-refractivity contribution in [3.8, 4) is 0 Å². The minimum atomic E-state index is -1.34. The van der Waals surface area contributed by atoms with Crippen molar-refractivity contribution in [3.63, 3.8) is 0 Å². The van der Waals surface area contributed by atoms with Crippen molar-refractivity contribution in [1.29, 1.82) is 0 Å². The predicted octanol–water partition coefficient (Wildman–Crippen LogP) is -0.0273. The zero-order valence-electron chi connectivity index (χ0n) is 9.12. The smallest absolute Gasteiger partial charge is 0.353 e. The SMILES string of the molecule is CCCCn1c(=O)[nH]c(C(=O)O)c(Br)c1=O.O. The standard InChI is InChI=1S/C9H11BrN2O4.H2O/c1-2-3-4-12-7(13)5(10)6(8(14)15)11-9(12)16;/h2-4H2,1H3,(H,11,16)(H,14,15);1H2. The molecule has 1 heterocycles. The second-order valence-corrected chi connectivity index (χ2v) is 4.03. The van der Waals surface area contributed by atoms with Crippen molar-refractivity contribution < 1.29 is 15.4 Å². The maximum atomic E-state index is 11.7. The molecule has 0 saturated carbocycles. The molecular weight excluding hydrogens is 296 g/mol. The maximum absolute atomic E-state index is 11.7. The van der Waals surface area contributed by atoms with Gasteiger partial charge in [0.25, 0.3) is 5.56 Å². The summed E-state index contributed by atoms with van der Waals surface area (Å²) >= 11 is 2.87. The normalized spacial score (nSPS) is 9.76. The highest BCUT2D eigenvalue weighted by Crippen LogP contribution is 2.06. The van der Waals surface area contributed by atoms with Crippen LogP contribution in [0.1, 0.15) is 30.3 Å². The van der Waals surface area contributed by atoms with Gasteiger partial charge in [-0.25, -0.2) is 9.59 Å². The minimum absolute atomic E-state index is 0. The van der Waals surface area contributed by atoms with Crippen molar-refractivity contribution in [2.75, 3.05) is 0 Å². The molecule has 1 rings (SSSR count). The van der Waals surface area contributed by atoms with E-state index >= 15 is 0 Å². The molecule has 7 nitrogen and oxygen atoms in total. The second-order valence-electron chi connectivity index (χ2n) is 3.23. The average molecular weight is 309 g/mol. The van der Waals surface area contributed by atoms with Crippen LogP contribution in [0.3, 0.4) is 0 Å². The van der Waals surface area contributed by atoms with E-state index in [1.165, 1.54) is 0 Å². The van der Waals surface area contributed by atoms with Gasteiger partial charge in [-0.2, -0.15) is 0 Å². The van der Waals surface area contributed by atoms with Crippen LogP contribution in [-0.2, 0) is 6.54 Å². The summed E-state index contributed by atoms with van der Waals surface area (Å²) in [6.07, 6.45) is 1.52. The molecule has 0 spiro atoms. The molecule has 0 aromatic carbocycles. The Labute approximate surface area is 105 Å². The highest BCUT2D eigenvalue weighted by molar-refractivity contribution is 9.10.